The molecule has 0 aliphatic heterocycles. The second-order valence-corrected chi connectivity index (χ2v) is 5.25. The number of aromatic amines is 1. The summed E-state index contributed by atoms with van der Waals surface area (Å²) in [6.45, 7) is 4.92. The fourth-order valence-electron chi connectivity index (χ4n) is 2.20. The lowest BCUT2D eigenvalue weighted by molar-refractivity contribution is 0.240. The summed E-state index contributed by atoms with van der Waals surface area (Å²) in [5, 5.41) is 21.6. The zero-order chi connectivity index (χ0) is 15.9. The lowest BCUT2D eigenvalue weighted by Gasteiger charge is -2.08. The van der Waals surface area contributed by atoms with Gasteiger partial charge in [0.15, 0.2) is 0 Å². The Balaban J connectivity index is 1.71. The number of carbonyl (C=O) groups is 1. The van der Waals surface area contributed by atoms with Gasteiger partial charge >= 0.3 is 6.03 Å². The third-order valence-corrected chi connectivity index (χ3v) is 3.61. The molecule has 4 N–H and O–H groups in total. The van der Waals surface area contributed by atoms with E-state index < -0.39 is 0 Å². The molecule has 0 saturated carbocycles. The molecule has 2 rings (SSSR count). The second kappa shape index (κ2) is 7.61. The molecule has 6 heteroatoms. The molecule has 22 heavy (non-hydrogen) atoms. The minimum absolute atomic E-state index is 0.0494. The number of aliphatic hydroxyl groups excluding tert-OH is 1. The van der Waals surface area contributed by atoms with Crippen LogP contribution in [-0.4, -0.2) is 27.9 Å². The maximum absolute atomic E-state index is 11.8. The van der Waals surface area contributed by atoms with Crippen molar-refractivity contribution in [1.29, 1.82) is 0 Å². The summed E-state index contributed by atoms with van der Waals surface area (Å²) in [6.07, 6.45) is 0.753. The van der Waals surface area contributed by atoms with Crippen molar-refractivity contribution in [3.63, 3.8) is 0 Å². The van der Waals surface area contributed by atoms with Crippen LogP contribution in [0.25, 0.3) is 0 Å². The van der Waals surface area contributed by atoms with Gasteiger partial charge in [0.2, 0.25) is 0 Å². The molecule has 0 unspecified atom stereocenters. The first-order valence-electron chi connectivity index (χ1n) is 7.31. The van der Waals surface area contributed by atoms with E-state index in [1.165, 1.54) is 0 Å². The van der Waals surface area contributed by atoms with Gasteiger partial charge in [0.1, 0.15) is 0 Å². The molecule has 0 radical (unpaired) electrons. The van der Waals surface area contributed by atoms with Crippen LogP contribution in [0.2, 0.25) is 0 Å². The number of rotatable bonds is 6. The fourth-order valence-corrected chi connectivity index (χ4v) is 2.20. The number of aliphatic hydroxyl groups is 1. The molecule has 0 aliphatic carbocycles. The van der Waals surface area contributed by atoms with Crippen molar-refractivity contribution in [3.8, 4) is 0 Å². The van der Waals surface area contributed by atoms with Gasteiger partial charge in [-0.3, -0.25) is 5.10 Å². The van der Waals surface area contributed by atoms with Crippen molar-refractivity contribution in [2.45, 2.75) is 33.4 Å². The number of carbonyl (C=O) groups excluding carboxylic acids is 1. The van der Waals surface area contributed by atoms with Gasteiger partial charge in [-0.05, 0) is 31.4 Å². The number of H-pyrrole nitrogens is 1. The van der Waals surface area contributed by atoms with Crippen LogP contribution in [-0.2, 0) is 19.6 Å². The second-order valence-electron chi connectivity index (χ2n) is 5.25. The number of amides is 2. The lowest BCUT2D eigenvalue weighted by Crippen LogP contribution is -2.36. The van der Waals surface area contributed by atoms with Gasteiger partial charge < -0.3 is 15.7 Å². The van der Waals surface area contributed by atoms with E-state index >= 15 is 0 Å². The number of aryl methyl sites for hydroxylation is 2. The van der Waals surface area contributed by atoms with E-state index in [9.17, 15) is 4.79 Å². The Bertz CT molecular complexity index is 600. The number of nitrogens with one attached hydrogen (secondary N) is 3. The molecule has 0 atom stereocenters. The molecule has 6 nitrogen and oxygen atoms in total. The molecule has 0 aliphatic rings. The van der Waals surface area contributed by atoms with Gasteiger partial charge in [-0.15, -0.1) is 0 Å². The van der Waals surface area contributed by atoms with Gasteiger partial charge in [0.05, 0.1) is 12.3 Å². The van der Waals surface area contributed by atoms with Crippen LogP contribution in [0.4, 0.5) is 4.79 Å². The van der Waals surface area contributed by atoms with Crippen molar-refractivity contribution in [2.24, 2.45) is 0 Å². The smallest absolute Gasteiger partial charge is 0.315 e. The maximum Gasteiger partial charge on any atom is 0.315 e. The summed E-state index contributed by atoms with van der Waals surface area (Å²) < 4.78 is 0. The third-order valence-electron chi connectivity index (χ3n) is 3.61. The molecule has 1 aromatic carbocycles. The molecule has 118 valence electrons. The number of hydrogen-bond donors (Lipinski definition) is 4. The summed E-state index contributed by atoms with van der Waals surface area (Å²) in [7, 11) is 0. The highest BCUT2D eigenvalue weighted by molar-refractivity contribution is 5.73. The van der Waals surface area contributed by atoms with E-state index in [-0.39, 0.29) is 12.6 Å². The summed E-state index contributed by atoms with van der Waals surface area (Å²) in [5.41, 5.74) is 4.91. The number of hydrogen-bond acceptors (Lipinski definition) is 3. The van der Waals surface area contributed by atoms with Crippen LogP contribution in [0.15, 0.2) is 24.3 Å². The third kappa shape index (κ3) is 4.33. The molecular formula is C16H22N4O2. The van der Waals surface area contributed by atoms with Crippen LogP contribution in [0.5, 0.6) is 0 Å². The van der Waals surface area contributed by atoms with Crippen molar-refractivity contribution in [1.82, 2.24) is 20.8 Å². The zero-order valence-corrected chi connectivity index (χ0v) is 12.9. The molecule has 2 amide bonds. The number of urea groups is 1. The zero-order valence-electron chi connectivity index (χ0n) is 12.9. The van der Waals surface area contributed by atoms with Crippen molar-refractivity contribution < 1.29 is 9.90 Å². The maximum atomic E-state index is 11.8. The Kier molecular flexibility index (Phi) is 5.55. The Morgan fingerprint density at radius 2 is 1.86 bits per heavy atom. The topological polar surface area (TPSA) is 90.0 Å². The summed E-state index contributed by atoms with van der Waals surface area (Å²) in [5.74, 6) is 0. The molecule has 0 fully saturated rings. The standard InChI is InChI=1S/C16H22N4O2/c1-11-15(12(2)20-19-11)9-18-16(22)17-8-7-13-3-5-14(10-21)6-4-13/h3-6,21H,7-10H2,1-2H3,(H,19,20)(H2,17,18,22). The van der Waals surface area contributed by atoms with Crippen LogP contribution in [0.3, 0.4) is 0 Å². The van der Waals surface area contributed by atoms with E-state index in [2.05, 4.69) is 20.8 Å². The Labute approximate surface area is 129 Å². The average Bonchev–Trinajstić information content (AvgIpc) is 2.84. The van der Waals surface area contributed by atoms with Crippen LogP contribution in [0, 0.1) is 13.8 Å². The van der Waals surface area contributed by atoms with Gasteiger partial charge in [-0.1, -0.05) is 24.3 Å². The van der Waals surface area contributed by atoms with E-state index in [1.54, 1.807) is 0 Å². The first-order chi connectivity index (χ1) is 10.6. The van der Waals surface area contributed by atoms with E-state index in [0.717, 1.165) is 34.5 Å². The first-order valence-corrected chi connectivity index (χ1v) is 7.31. The van der Waals surface area contributed by atoms with Gasteiger partial charge in [-0.2, -0.15) is 5.10 Å². The van der Waals surface area contributed by atoms with Crippen LogP contribution < -0.4 is 10.6 Å². The average molecular weight is 302 g/mol. The number of aromatic nitrogens is 2. The summed E-state index contributed by atoms with van der Waals surface area (Å²) in [4.78, 5) is 11.8. The molecule has 0 bridgehead atoms. The van der Waals surface area contributed by atoms with E-state index in [0.29, 0.717) is 13.1 Å². The molecule has 2 aromatic rings. The highest BCUT2D eigenvalue weighted by atomic mass is 16.3. The lowest BCUT2D eigenvalue weighted by atomic mass is 10.1. The largest absolute Gasteiger partial charge is 0.392 e. The van der Waals surface area contributed by atoms with E-state index in [1.807, 2.05) is 38.1 Å². The molecule has 0 spiro atoms. The van der Waals surface area contributed by atoms with Crippen molar-refractivity contribution in [2.75, 3.05) is 6.54 Å². The summed E-state index contributed by atoms with van der Waals surface area (Å²) >= 11 is 0. The SMILES string of the molecule is Cc1n[nH]c(C)c1CNC(=O)NCCc1ccc(CO)cc1. The fraction of sp³-hybridized carbons (Fsp3) is 0.375. The summed E-state index contributed by atoms with van der Waals surface area (Å²) in [6, 6.07) is 7.51. The highest BCUT2D eigenvalue weighted by Crippen LogP contribution is 2.08. The monoisotopic (exact) mass is 302 g/mol. The van der Waals surface area contributed by atoms with Crippen LogP contribution >= 0.6 is 0 Å². The number of nitrogens with zero attached hydrogens (tertiary/aromatic N) is 1. The minimum Gasteiger partial charge on any atom is -0.392 e. The number of benzene rings is 1. The van der Waals surface area contributed by atoms with Crippen LogP contribution in [0.1, 0.15) is 28.1 Å². The first kappa shape index (κ1) is 16.0. The quantitative estimate of drug-likeness (QED) is 0.653. The predicted molar refractivity (Wildman–Crippen MR) is 84.4 cm³/mol. The van der Waals surface area contributed by atoms with Gasteiger partial charge in [0.25, 0.3) is 0 Å². The van der Waals surface area contributed by atoms with Gasteiger partial charge in [0, 0.05) is 24.3 Å². The normalized spacial score (nSPS) is 10.5. The minimum atomic E-state index is -0.188. The van der Waals surface area contributed by atoms with Crippen molar-refractivity contribution in [3.05, 3.63) is 52.3 Å². The molecule has 1 aromatic heterocycles. The Morgan fingerprint density at radius 3 is 2.45 bits per heavy atom. The molecule has 0 saturated heterocycles. The molecular weight excluding hydrogens is 280 g/mol. The van der Waals surface area contributed by atoms with E-state index in [4.69, 9.17) is 5.11 Å². The van der Waals surface area contributed by atoms with Crippen molar-refractivity contribution >= 4 is 6.03 Å². The predicted octanol–water partition coefficient (Wildman–Crippen LogP) is 1.56. The molecule has 1 heterocycles. The Hall–Kier alpha value is -2.34. The Morgan fingerprint density at radius 1 is 1.18 bits per heavy atom. The highest BCUT2D eigenvalue weighted by Gasteiger charge is 2.07. The van der Waals surface area contributed by atoms with Gasteiger partial charge in [-0.25, -0.2) is 4.79 Å².